The highest BCUT2D eigenvalue weighted by atomic mass is 16.5. The number of hydrogen-bond acceptors (Lipinski definition) is 3. The summed E-state index contributed by atoms with van der Waals surface area (Å²) in [5, 5.41) is 3.30. The topological polar surface area (TPSA) is 30.5 Å². The molecular formula is C11H23NO2. The van der Waals surface area contributed by atoms with E-state index in [-0.39, 0.29) is 0 Å². The summed E-state index contributed by atoms with van der Waals surface area (Å²) in [6, 6.07) is 0. The summed E-state index contributed by atoms with van der Waals surface area (Å²) in [7, 11) is 3.45. The Bertz CT molecular complexity index is 157. The molecule has 1 unspecified atom stereocenters. The first-order chi connectivity index (χ1) is 6.70. The van der Waals surface area contributed by atoms with Gasteiger partial charge in [0.15, 0.2) is 0 Å². The van der Waals surface area contributed by atoms with Gasteiger partial charge < -0.3 is 14.8 Å². The van der Waals surface area contributed by atoms with Gasteiger partial charge in [0.2, 0.25) is 0 Å². The smallest absolute Gasteiger partial charge is 0.0587 e. The maximum absolute atomic E-state index is 5.06. The van der Waals surface area contributed by atoms with Crippen LogP contribution in [0.5, 0.6) is 0 Å². The van der Waals surface area contributed by atoms with E-state index in [1.54, 1.807) is 14.2 Å². The first-order valence-corrected chi connectivity index (χ1v) is 5.06. The summed E-state index contributed by atoms with van der Waals surface area (Å²) < 4.78 is 10.0. The molecular weight excluding hydrogens is 178 g/mol. The van der Waals surface area contributed by atoms with Gasteiger partial charge in [-0.1, -0.05) is 18.6 Å². The zero-order valence-corrected chi connectivity index (χ0v) is 9.80. The van der Waals surface area contributed by atoms with E-state index in [1.165, 1.54) is 5.57 Å². The Hall–Kier alpha value is -0.380. The number of rotatable bonds is 8. The maximum atomic E-state index is 5.06. The first kappa shape index (κ1) is 13.6. The SMILES string of the molecule is COCCNCC(C)=CC(C)COC. The molecule has 0 heterocycles. The molecule has 0 amide bonds. The van der Waals surface area contributed by atoms with E-state index in [1.807, 2.05) is 0 Å². The molecule has 0 saturated heterocycles. The van der Waals surface area contributed by atoms with Gasteiger partial charge in [-0.3, -0.25) is 0 Å². The van der Waals surface area contributed by atoms with Crippen LogP contribution in [0.15, 0.2) is 11.6 Å². The highest BCUT2D eigenvalue weighted by Crippen LogP contribution is 2.02. The van der Waals surface area contributed by atoms with Crippen LogP contribution in [-0.4, -0.2) is 40.5 Å². The third kappa shape index (κ3) is 8.23. The highest BCUT2D eigenvalue weighted by Gasteiger charge is 1.97. The summed E-state index contributed by atoms with van der Waals surface area (Å²) in [6.45, 7) is 7.67. The molecule has 14 heavy (non-hydrogen) atoms. The van der Waals surface area contributed by atoms with Gasteiger partial charge in [-0.2, -0.15) is 0 Å². The first-order valence-electron chi connectivity index (χ1n) is 5.06. The van der Waals surface area contributed by atoms with Crippen molar-refractivity contribution in [2.45, 2.75) is 13.8 Å². The van der Waals surface area contributed by atoms with E-state index in [0.29, 0.717) is 5.92 Å². The van der Waals surface area contributed by atoms with E-state index in [4.69, 9.17) is 9.47 Å². The van der Waals surface area contributed by atoms with Crippen molar-refractivity contribution in [3.05, 3.63) is 11.6 Å². The normalized spacial score (nSPS) is 14.4. The molecule has 0 aliphatic carbocycles. The van der Waals surface area contributed by atoms with E-state index < -0.39 is 0 Å². The molecule has 0 rings (SSSR count). The fourth-order valence-corrected chi connectivity index (χ4v) is 1.32. The molecule has 3 heteroatoms. The van der Waals surface area contributed by atoms with Crippen LogP contribution in [0.25, 0.3) is 0 Å². The standard InChI is InChI=1S/C11H23NO2/c1-10(7-11(2)9-14-4)8-12-5-6-13-3/h7,11-12H,5-6,8-9H2,1-4H3. The molecule has 84 valence electrons. The van der Waals surface area contributed by atoms with Crippen molar-refractivity contribution >= 4 is 0 Å². The van der Waals surface area contributed by atoms with Crippen LogP contribution in [0.1, 0.15) is 13.8 Å². The lowest BCUT2D eigenvalue weighted by Crippen LogP contribution is -2.21. The average molecular weight is 201 g/mol. The van der Waals surface area contributed by atoms with Crippen molar-refractivity contribution < 1.29 is 9.47 Å². The molecule has 0 fully saturated rings. The molecule has 1 atom stereocenters. The largest absolute Gasteiger partial charge is 0.384 e. The van der Waals surface area contributed by atoms with Gasteiger partial charge in [-0.15, -0.1) is 0 Å². The summed E-state index contributed by atoms with van der Waals surface area (Å²) in [4.78, 5) is 0. The van der Waals surface area contributed by atoms with Crippen LogP contribution in [0.4, 0.5) is 0 Å². The molecule has 0 bridgehead atoms. The van der Waals surface area contributed by atoms with Crippen molar-refractivity contribution in [1.82, 2.24) is 5.32 Å². The zero-order chi connectivity index (χ0) is 10.8. The Labute approximate surface area is 87.5 Å². The fourth-order valence-electron chi connectivity index (χ4n) is 1.32. The molecule has 0 saturated carbocycles. The summed E-state index contributed by atoms with van der Waals surface area (Å²) in [5.74, 6) is 0.490. The molecule has 0 aromatic rings. The second-order valence-corrected chi connectivity index (χ2v) is 3.62. The van der Waals surface area contributed by atoms with Crippen molar-refractivity contribution in [2.24, 2.45) is 5.92 Å². The lowest BCUT2D eigenvalue weighted by Gasteiger charge is -2.08. The van der Waals surface area contributed by atoms with Crippen LogP contribution in [0.3, 0.4) is 0 Å². The molecule has 0 aliphatic rings. The van der Waals surface area contributed by atoms with Crippen LogP contribution >= 0.6 is 0 Å². The third-order valence-electron chi connectivity index (χ3n) is 1.89. The van der Waals surface area contributed by atoms with Crippen LogP contribution in [0.2, 0.25) is 0 Å². The third-order valence-corrected chi connectivity index (χ3v) is 1.89. The highest BCUT2D eigenvalue weighted by molar-refractivity contribution is 5.02. The Morgan fingerprint density at radius 1 is 1.36 bits per heavy atom. The number of methoxy groups -OCH3 is 2. The van der Waals surface area contributed by atoms with Crippen LogP contribution < -0.4 is 5.32 Å². The van der Waals surface area contributed by atoms with Crippen molar-refractivity contribution in [2.75, 3.05) is 40.5 Å². The van der Waals surface area contributed by atoms with Gasteiger partial charge in [0.1, 0.15) is 0 Å². The predicted octanol–water partition coefficient (Wildman–Crippen LogP) is 1.45. The second-order valence-electron chi connectivity index (χ2n) is 3.62. The van der Waals surface area contributed by atoms with Gasteiger partial charge in [0, 0.05) is 27.3 Å². The maximum Gasteiger partial charge on any atom is 0.0587 e. The van der Waals surface area contributed by atoms with Crippen LogP contribution in [-0.2, 0) is 9.47 Å². The minimum atomic E-state index is 0.490. The Morgan fingerprint density at radius 2 is 2.07 bits per heavy atom. The lowest BCUT2D eigenvalue weighted by molar-refractivity contribution is 0.175. The average Bonchev–Trinajstić information content (AvgIpc) is 2.13. The fraction of sp³-hybridized carbons (Fsp3) is 0.818. The van der Waals surface area contributed by atoms with Gasteiger partial charge in [0.05, 0.1) is 13.2 Å². The quantitative estimate of drug-likeness (QED) is 0.476. The Balaban J connectivity index is 3.55. The summed E-state index contributed by atoms with van der Waals surface area (Å²) >= 11 is 0. The van der Waals surface area contributed by atoms with Gasteiger partial charge in [-0.25, -0.2) is 0 Å². The number of ether oxygens (including phenoxy) is 2. The number of hydrogen-bond donors (Lipinski definition) is 1. The summed E-state index contributed by atoms with van der Waals surface area (Å²) in [6.07, 6.45) is 2.24. The monoisotopic (exact) mass is 201 g/mol. The van der Waals surface area contributed by atoms with Gasteiger partial charge >= 0.3 is 0 Å². The zero-order valence-electron chi connectivity index (χ0n) is 9.80. The molecule has 1 N–H and O–H groups in total. The Kier molecular flexibility index (Phi) is 8.94. The van der Waals surface area contributed by atoms with Crippen molar-refractivity contribution in [1.29, 1.82) is 0 Å². The van der Waals surface area contributed by atoms with Crippen LogP contribution in [0, 0.1) is 5.92 Å². The molecule has 0 aromatic heterocycles. The van der Waals surface area contributed by atoms with E-state index in [2.05, 4.69) is 25.2 Å². The minimum Gasteiger partial charge on any atom is -0.384 e. The van der Waals surface area contributed by atoms with E-state index in [9.17, 15) is 0 Å². The molecule has 0 aliphatic heterocycles. The molecule has 0 spiro atoms. The number of nitrogens with one attached hydrogen (secondary N) is 1. The van der Waals surface area contributed by atoms with Crippen molar-refractivity contribution in [3.63, 3.8) is 0 Å². The van der Waals surface area contributed by atoms with Gasteiger partial charge in [0.25, 0.3) is 0 Å². The molecule has 0 radical (unpaired) electrons. The second kappa shape index (κ2) is 9.19. The molecule has 3 nitrogen and oxygen atoms in total. The Morgan fingerprint density at radius 3 is 2.64 bits per heavy atom. The van der Waals surface area contributed by atoms with Gasteiger partial charge in [-0.05, 0) is 12.8 Å². The lowest BCUT2D eigenvalue weighted by atomic mass is 10.1. The minimum absolute atomic E-state index is 0.490. The van der Waals surface area contributed by atoms with Crippen molar-refractivity contribution in [3.8, 4) is 0 Å². The van der Waals surface area contributed by atoms with E-state index >= 15 is 0 Å². The van der Waals surface area contributed by atoms with E-state index in [0.717, 1.165) is 26.3 Å². The summed E-state index contributed by atoms with van der Waals surface area (Å²) in [5.41, 5.74) is 1.35. The predicted molar refractivity (Wildman–Crippen MR) is 59.5 cm³/mol. The molecule has 0 aromatic carbocycles.